The molecule has 0 unspecified atom stereocenters. The molecule has 1 aromatic heterocycles. The van der Waals surface area contributed by atoms with E-state index in [0.29, 0.717) is 11.6 Å². The van der Waals surface area contributed by atoms with Gasteiger partial charge in [0, 0.05) is 42.7 Å². The van der Waals surface area contributed by atoms with Crippen LogP contribution in [0.3, 0.4) is 0 Å². The topological polar surface area (TPSA) is 123 Å². The van der Waals surface area contributed by atoms with Crippen LogP contribution >= 0.6 is 0 Å². The van der Waals surface area contributed by atoms with E-state index in [0.717, 1.165) is 30.3 Å². The first kappa shape index (κ1) is 23.0. The number of hydrogen-bond acceptors (Lipinski definition) is 5. The van der Waals surface area contributed by atoms with Gasteiger partial charge in [0.05, 0.1) is 15.4 Å². The largest absolute Gasteiger partial charge is 0.351 e. The van der Waals surface area contributed by atoms with Crippen LogP contribution in [0.4, 0.5) is 5.69 Å². The van der Waals surface area contributed by atoms with E-state index >= 15 is 0 Å². The van der Waals surface area contributed by atoms with Gasteiger partial charge < -0.3 is 9.88 Å². The number of nitrogens with zero attached hydrogens (tertiary/aromatic N) is 2. The number of nitrogens with one attached hydrogen (secondary N) is 2. The fraction of sp³-hybridized carbons (Fsp3) is 0.476. The van der Waals surface area contributed by atoms with Crippen molar-refractivity contribution in [2.24, 2.45) is 0 Å². The lowest BCUT2D eigenvalue weighted by Crippen LogP contribution is -2.34. The summed E-state index contributed by atoms with van der Waals surface area (Å²) in [5, 5.41) is 13.6. The molecule has 0 atom stereocenters. The fourth-order valence-electron chi connectivity index (χ4n) is 4.21. The highest BCUT2D eigenvalue weighted by Gasteiger charge is 2.23. The maximum Gasteiger partial charge on any atom is 0.270 e. The Morgan fingerprint density at radius 2 is 1.87 bits per heavy atom. The molecule has 9 nitrogen and oxygen atoms in total. The zero-order valence-corrected chi connectivity index (χ0v) is 18.6. The Hall–Kier alpha value is -2.72. The molecule has 2 N–H and O–H groups in total. The molecule has 1 aliphatic carbocycles. The molecule has 0 radical (unpaired) electrons. The minimum Gasteiger partial charge on any atom is -0.351 e. The number of carbonyl (C=O) groups excluding carboxylic acids is 1. The molecular formula is C21H28N4O5S. The number of hydrogen-bond donors (Lipinski definition) is 2. The van der Waals surface area contributed by atoms with Gasteiger partial charge in [0.15, 0.2) is 0 Å². The van der Waals surface area contributed by atoms with Crippen LogP contribution in [0, 0.1) is 24.0 Å². The third-order valence-corrected chi connectivity index (χ3v) is 7.17. The number of carbonyl (C=O) groups is 1. The predicted octanol–water partition coefficient (Wildman–Crippen LogP) is 3.23. The number of benzene rings is 1. The van der Waals surface area contributed by atoms with Crippen LogP contribution in [0.1, 0.15) is 59.9 Å². The summed E-state index contributed by atoms with van der Waals surface area (Å²) in [6.07, 6.45) is 5.91. The summed E-state index contributed by atoms with van der Waals surface area (Å²) in [6, 6.07) is 7.14. The smallest absolute Gasteiger partial charge is 0.270 e. The van der Waals surface area contributed by atoms with Gasteiger partial charge in [-0.2, -0.15) is 0 Å². The number of rotatable bonds is 8. The van der Waals surface area contributed by atoms with E-state index in [9.17, 15) is 23.3 Å². The molecule has 0 spiro atoms. The molecule has 31 heavy (non-hydrogen) atoms. The average molecular weight is 449 g/mol. The van der Waals surface area contributed by atoms with Crippen molar-refractivity contribution >= 4 is 21.6 Å². The molecular weight excluding hydrogens is 420 g/mol. The van der Waals surface area contributed by atoms with Crippen LogP contribution in [-0.4, -0.2) is 36.9 Å². The molecule has 168 valence electrons. The van der Waals surface area contributed by atoms with Gasteiger partial charge in [-0.1, -0.05) is 25.3 Å². The summed E-state index contributed by atoms with van der Waals surface area (Å²) in [6.45, 7) is 4.02. The van der Waals surface area contributed by atoms with Crippen molar-refractivity contribution in [3.05, 3.63) is 57.4 Å². The summed E-state index contributed by atoms with van der Waals surface area (Å²) >= 11 is 0. The van der Waals surface area contributed by atoms with Crippen LogP contribution < -0.4 is 10.0 Å². The second-order valence-electron chi connectivity index (χ2n) is 7.85. The monoisotopic (exact) mass is 448 g/mol. The van der Waals surface area contributed by atoms with Crippen molar-refractivity contribution in [2.45, 2.75) is 56.9 Å². The lowest BCUT2D eigenvalue weighted by atomic mass is 9.95. The highest BCUT2D eigenvalue weighted by molar-refractivity contribution is 7.89. The number of nitro groups is 1. The van der Waals surface area contributed by atoms with Gasteiger partial charge >= 0.3 is 0 Å². The first-order chi connectivity index (χ1) is 14.7. The first-order valence-electron chi connectivity index (χ1n) is 10.4. The van der Waals surface area contributed by atoms with E-state index in [4.69, 9.17) is 0 Å². The number of aromatic nitrogens is 1. The zero-order valence-electron chi connectivity index (χ0n) is 17.8. The molecule has 1 heterocycles. The summed E-state index contributed by atoms with van der Waals surface area (Å²) in [4.78, 5) is 22.7. The van der Waals surface area contributed by atoms with E-state index in [1.165, 1.54) is 37.5 Å². The van der Waals surface area contributed by atoms with E-state index in [-0.39, 0.29) is 29.6 Å². The molecule has 1 aliphatic rings. The van der Waals surface area contributed by atoms with Crippen LogP contribution in [0.25, 0.3) is 0 Å². The van der Waals surface area contributed by atoms with Crippen molar-refractivity contribution in [1.29, 1.82) is 0 Å². The number of amides is 1. The average Bonchev–Trinajstić information content (AvgIpc) is 3.05. The zero-order chi connectivity index (χ0) is 22.6. The van der Waals surface area contributed by atoms with Crippen molar-refractivity contribution < 1.29 is 18.1 Å². The minimum atomic E-state index is -3.91. The third kappa shape index (κ3) is 5.31. The lowest BCUT2D eigenvalue weighted by molar-refractivity contribution is -0.385. The Balaban J connectivity index is 1.58. The molecule has 0 bridgehead atoms. The van der Waals surface area contributed by atoms with Crippen LogP contribution in [0.2, 0.25) is 0 Å². The fourth-order valence-corrected chi connectivity index (χ4v) is 5.28. The van der Waals surface area contributed by atoms with Crippen LogP contribution in [0.15, 0.2) is 35.2 Å². The first-order valence-corrected chi connectivity index (χ1v) is 11.9. The van der Waals surface area contributed by atoms with Gasteiger partial charge in [-0.25, -0.2) is 13.1 Å². The molecule has 1 amide bonds. The third-order valence-electron chi connectivity index (χ3n) is 5.71. The van der Waals surface area contributed by atoms with E-state index in [1.54, 1.807) is 0 Å². The standard InChI is InChI=1S/C21H28N4O5S/c1-15-13-20(16(2)24(15)17-7-4-3-5-8-17)21(26)22-11-12-23-31(29,30)19-10-6-9-18(14-19)25(27)28/h6,9-10,13-14,17,23H,3-5,7-8,11-12H2,1-2H3,(H,22,26). The highest BCUT2D eigenvalue weighted by atomic mass is 32.2. The molecule has 1 saturated carbocycles. The maximum atomic E-state index is 12.7. The molecule has 0 saturated heterocycles. The van der Waals surface area contributed by atoms with E-state index < -0.39 is 14.9 Å². The maximum absolute atomic E-state index is 12.7. The molecule has 2 aromatic rings. The minimum absolute atomic E-state index is 0.0296. The molecule has 0 aliphatic heterocycles. The molecule has 10 heteroatoms. The molecule has 1 aromatic carbocycles. The van der Waals surface area contributed by atoms with Crippen molar-refractivity contribution in [2.75, 3.05) is 13.1 Å². The Labute approximate surface area is 182 Å². The summed E-state index contributed by atoms with van der Waals surface area (Å²) in [7, 11) is -3.91. The molecule has 3 rings (SSSR count). The highest BCUT2D eigenvalue weighted by Crippen LogP contribution is 2.32. The Bertz CT molecular complexity index is 1070. The van der Waals surface area contributed by atoms with Gasteiger partial charge in [-0.15, -0.1) is 0 Å². The lowest BCUT2D eigenvalue weighted by Gasteiger charge is -2.26. The van der Waals surface area contributed by atoms with Gasteiger partial charge in [0.2, 0.25) is 10.0 Å². The van der Waals surface area contributed by atoms with Gasteiger partial charge in [-0.05, 0) is 38.8 Å². The Kier molecular flexibility index (Phi) is 7.11. The van der Waals surface area contributed by atoms with Crippen molar-refractivity contribution in [1.82, 2.24) is 14.6 Å². The Morgan fingerprint density at radius 1 is 1.16 bits per heavy atom. The summed E-state index contributed by atoms with van der Waals surface area (Å²) in [5.41, 5.74) is 2.29. The van der Waals surface area contributed by atoms with Gasteiger partial charge in [0.25, 0.3) is 11.6 Å². The van der Waals surface area contributed by atoms with Gasteiger partial charge in [0.1, 0.15) is 0 Å². The Morgan fingerprint density at radius 3 is 2.55 bits per heavy atom. The van der Waals surface area contributed by atoms with Crippen LogP contribution in [0.5, 0.6) is 0 Å². The quantitative estimate of drug-likeness (QED) is 0.365. The SMILES string of the molecule is Cc1cc(C(=O)NCCNS(=O)(=O)c2cccc([N+](=O)[O-])c2)c(C)n1C1CCCCC1. The second kappa shape index (κ2) is 9.61. The van der Waals surface area contributed by atoms with Crippen molar-refractivity contribution in [3.8, 4) is 0 Å². The second-order valence-corrected chi connectivity index (χ2v) is 9.62. The van der Waals surface area contributed by atoms with E-state index in [1.807, 2.05) is 19.9 Å². The predicted molar refractivity (Wildman–Crippen MR) is 117 cm³/mol. The number of aryl methyl sites for hydroxylation is 1. The van der Waals surface area contributed by atoms with Gasteiger partial charge in [-0.3, -0.25) is 14.9 Å². The number of sulfonamides is 1. The van der Waals surface area contributed by atoms with Crippen molar-refractivity contribution in [3.63, 3.8) is 0 Å². The number of nitro benzene ring substituents is 1. The molecule has 1 fully saturated rings. The number of non-ortho nitro benzene ring substituents is 1. The van der Waals surface area contributed by atoms with E-state index in [2.05, 4.69) is 14.6 Å². The van der Waals surface area contributed by atoms with Crippen LogP contribution in [-0.2, 0) is 10.0 Å². The summed E-state index contributed by atoms with van der Waals surface area (Å²) in [5.74, 6) is -0.246. The summed E-state index contributed by atoms with van der Waals surface area (Å²) < 4.78 is 29.3. The normalized spacial score (nSPS) is 15.0.